The number of nitrogens with one attached hydrogen (secondary N) is 1. The zero-order chi connectivity index (χ0) is 17.1. The van der Waals surface area contributed by atoms with Crippen LogP contribution in [0.3, 0.4) is 0 Å². The number of amides is 2. The van der Waals surface area contributed by atoms with Crippen LogP contribution in [-0.4, -0.2) is 23.3 Å². The van der Waals surface area contributed by atoms with Crippen molar-refractivity contribution in [3.8, 4) is 6.07 Å². The van der Waals surface area contributed by atoms with Crippen molar-refractivity contribution in [1.29, 1.82) is 5.26 Å². The van der Waals surface area contributed by atoms with Gasteiger partial charge in [0, 0.05) is 13.5 Å². The van der Waals surface area contributed by atoms with Crippen LogP contribution < -0.4 is 5.32 Å². The molecule has 3 rings (SSSR count). The Bertz CT molecular complexity index is 822. The molecular weight excluding hydrogens is 322 g/mol. The van der Waals surface area contributed by atoms with Crippen molar-refractivity contribution in [2.45, 2.75) is 25.8 Å². The Hall–Kier alpha value is -2.65. The lowest BCUT2D eigenvalue weighted by Crippen LogP contribution is -2.40. The minimum atomic E-state index is -0.266. The third-order valence-corrected chi connectivity index (χ3v) is 5.06. The van der Waals surface area contributed by atoms with Crippen molar-refractivity contribution in [2.24, 2.45) is 0 Å². The fraction of sp³-hybridized carbons (Fsp3) is 0.278. The van der Waals surface area contributed by atoms with Crippen molar-refractivity contribution in [2.75, 3.05) is 11.9 Å². The maximum absolute atomic E-state index is 12.5. The van der Waals surface area contributed by atoms with Gasteiger partial charge in [-0.3, -0.25) is 9.59 Å². The molecule has 1 aromatic carbocycles. The molecule has 0 bridgehead atoms. The Morgan fingerprint density at radius 3 is 2.92 bits per heavy atom. The molecule has 122 valence electrons. The molecule has 1 aliphatic heterocycles. The molecule has 24 heavy (non-hydrogen) atoms. The van der Waals surface area contributed by atoms with Crippen molar-refractivity contribution < 1.29 is 9.59 Å². The van der Waals surface area contributed by atoms with Crippen molar-refractivity contribution in [3.05, 3.63) is 52.4 Å². The van der Waals surface area contributed by atoms with Crippen LogP contribution in [0.1, 0.15) is 36.1 Å². The minimum absolute atomic E-state index is 0.0314. The van der Waals surface area contributed by atoms with Crippen LogP contribution in [-0.2, 0) is 16.0 Å². The van der Waals surface area contributed by atoms with Gasteiger partial charge in [-0.05, 0) is 29.0 Å². The van der Waals surface area contributed by atoms with Gasteiger partial charge in [0.25, 0.3) is 0 Å². The van der Waals surface area contributed by atoms with Gasteiger partial charge < -0.3 is 10.2 Å². The summed E-state index contributed by atoms with van der Waals surface area (Å²) in [6.45, 7) is 2.15. The zero-order valence-corrected chi connectivity index (χ0v) is 14.1. The minimum Gasteiger partial charge on any atom is -0.335 e. The van der Waals surface area contributed by atoms with Crippen LogP contribution in [0.2, 0.25) is 0 Å². The molecule has 2 aromatic rings. The van der Waals surface area contributed by atoms with Crippen molar-refractivity contribution in [3.63, 3.8) is 0 Å². The van der Waals surface area contributed by atoms with Gasteiger partial charge in [0.15, 0.2) is 0 Å². The highest BCUT2D eigenvalue weighted by molar-refractivity contribution is 7.14. The van der Waals surface area contributed by atoms with E-state index in [9.17, 15) is 9.59 Å². The van der Waals surface area contributed by atoms with E-state index in [1.165, 1.54) is 23.8 Å². The summed E-state index contributed by atoms with van der Waals surface area (Å²) in [7, 11) is 0. The second-order valence-corrected chi connectivity index (χ2v) is 6.62. The standard InChI is InChI=1S/C18H17N3O2S/c1-12(22)21-8-6-13-4-2-3-5-15(13)16(21)10-17(23)20-18-14(11-19)7-9-24-18/h2-5,7,9,16H,6,8,10H2,1H3,(H,20,23). The summed E-state index contributed by atoms with van der Waals surface area (Å²) < 4.78 is 0. The van der Waals surface area contributed by atoms with E-state index in [0.29, 0.717) is 17.1 Å². The lowest BCUT2D eigenvalue weighted by atomic mass is 9.90. The molecule has 0 spiro atoms. The number of thiophene rings is 1. The second kappa shape index (κ2) is 6.85. The first-order valence-corrected chi connectivity index (χ1v) is 8.60. The van der Waals surface area contributed by atoms with Crippen LogP contribution in [0.15, 0.2) is 35.7 Å². The Kier molecular flexibility index (Phi) is 4.63. The highest BCUT2D eigenvalue weighted by atomic mass is 32.1. The molecule has 2 amide bonds. The molecule has 0 fully saturated rings. The lowest BCUT2D eigenvalue weighted by molar-refractivity contribution is -0.132. The van der Waals surface area contributed by atoms with Gasteiger partial charge in [0.2, 0.25) is 11.8 Å². The molecule has 5 nitrogen and oxygen atoms in total. The molecule has 1 N–H and O–H groups in total. The van der Waals surface area contributed by atoms with E-state index >= 15 is 0 Å². The highest BCUT2D eigenvalue weighted by Crippen LogP contribution is 2.33. The van der Waals surface area contributed by atoms with Crippen molar-refractivity contribution >= 4 is 28.2 Å². The summed E-state index contributed by atoms with van der Waals surface area (Å²) in [6.07, 6.45) is 0.983. The third kappa shape index (κ3) is 3.17. The monoisotopic (exact) mass is 339 g/mol. The topological polar surface area (TPSA) is 73.2 Å². The highest BCUT2D eigenvalue weighted by Gasteiger charge is 2.30. The molecule has 6 heteroatoms. The summed E-state index contributed by atoms with van der Waals surface area (Å²) in [5.41, 5.74) is 2.67. The average molecular weight is 339 g/mol. The Labute approximate surface area is 144 Å². The first kappa shape index (κ1) is 16.2. The van der Waals surface area contributed by atoms with Gasteiger partial charge in [0.1, 0.15) is 11.1 Å². The molecule has 0 radical (unpaired) electrons. The number of nitriles is 1. The molecule has 1 unspecified atom stereocenters. The SMILES string of the molecule is CC(=O)N1CCc2ccccc2C1CC(=O)Nc1sccc1C#N. The fourth-order valence-electron chi connectivity index (χ4n) is 3.10. The Morgan fingerprint density at radius 1 is 1.38 bits per heavy atom. The molecule has 2 heterocycles. The summed E-state index contributed by atoms with van der Waals surface area (Å²) >= 11 is 1.32. The van der Waals surface area contributed by atoms with Gasteiger partial charge in [-0.1, -0.05) is 24.3 Å². The maximum Gasteiger partial charge on any atom is 0.227 e. The van der Waals surface area contributed by atoms with Crippen LogP contribution in [0, 0.1) is 11.3 Å². The number of hydrogen-bond donors (Lipinski definition) is 1. The smallest absolute Gasteiger partial charge is 0.227 e. The van der Waals surface area contributed by atoms with Gasteiger partial charge in [0.05, 0.1) is 18.0 Å². The molecule has 0 aliphatic carbocycles. The quantitative estimate of drug-likeness (QED) is 0.934. The number of carbonyl (C=O) groups is 2. The van der Waals surface area contributed by atoms with Crippen LogP contribution in [0.25, 0.3) is 0 Å². The van der Waals surface area contributed by atoms with Crippen LogP contribution in [0.5, 0.6) is 0 Å². The Morgan fingerprint density at radius 2 is 2.17 bits per heavy atom. The van der Waals surface area contributed by atoms with E-state index in [1.807, 2.05) is 24.3 Å². The number of fused-ring (bicyclic) bond motifs is 1. The van der Waals surface area contributed by atoms with E-state index in [0.717, 1.165) is 12.0 Å². The molecule has 1 aromatic heterocycles. The number of carbonyl (C=O) groups excluding carboxylic acids is 2. The Balaban J connectivity index is 1.82. The van der Waals surface area contributed by atoms with E-state index in [4.69, 9.17) is 5.26 Å². The van der Waals surface area contributed by atoms with E-state index in [2.05, 4.69) is 11.4 Å². The summed E-state index contributed by atoms with van der Waals surface area (Å²) in [4.78, 5) is 26.2. The lowest BCUT2D eigenvalue weighted by Gasteiger charge is -2.36. The molecule has 0 saturated heterocycles. The van der Waals surface area contributed by atoms with Gasteiger partial charge in [-0.2, -0.15) is 5.26 Å². The summed E-state index contributed by atoms with van der Waals surface area (Å²) in [5.74, 6) is -0.224. The number of hydrogen-bond acceptors (Lipinski definition) is 4. The van der Waals surface area contributed by atoms with Gasteiger partial charge in [-0.15, -0.1) is 11.3 Å². The molecule has 0 saturated carbocycles. The number of nitrogens with zero attached hydrogens (tertiary/aromatic N) is 2. The predicted molar refractivity (Wildman–Crippen MR) is 92.6 cm³/mol. The largest absolute Gasteiger partial charge is 0.335 e. The molecular formula is C18H17N3O2S. The van der Waals surface area contributed by atoms with Crippen LogP contribution >= 0.6 is 11.3 Å². The number of rotatable bonds is 3. The summed E-state index contributed by atoms with van der Waals surface area (Å²) in [6, 6.07) is 11.4. The maximum atomic E-state index is 12.5. The molecule has 1 atom stereocenters. The first-order chi connectivity index (χ1) is 11.6. The molecule has 1 aliphatic rings. The van der Waals surface area contributed by atoms with Gasteiger partial charge >= 0.3 is 0 Å². The fourth-order valence-corrected chi connectivity index (χ4v) is 3.85. The average Bonchev–Trinajstić information content (AvgIpc) is 3.01. The van der Waals surface area contributed by atoms with E-state index in [-0.39, 0.29) is 24.3 Å². The van der Waals surface area contributed by atoms with Crippen LogP contribution in [0.4, 0.5) is 5.00 Å². The van der Waals surface area contributed by atoms with E-state index < -0.39 is 0 Å². The summed E-state index contributed by atoms with van der Waals surface area (Å²) in [5, 5.41) is 14.2. The number of anilines is 1. The van der Waals surface area contributed by atoms with E-state index in [1.54, 1.807) is 16.3 Å². The second-order valence-electron chi connectivity index (χ2n) is 5.70. The van der Waals surface area contributed by atoms with Gasteiger partial charge in [-0.25, -0.2) is 0 Å². The zero-order valence-electron chi connectivity index (χ0n) is 13.3. The first-order valence-electron chi connectivity index (χ1n) is 7.72. The number of benzene rings is 1. The third-order valence-electron chi connectivity index (χ3n) is 4.23. The van der Waals surface area contributed by atoms with Crippen molar-refractivity contribution in [1.82, 2.24) is 4.90 Å². The normalized spacial score (nSPS) is 16.2. The predicted octanol–water partition coefficient (Wildman–Crippen LogP) is 3.09.